The van der Waals surface area contributed by atoms with E-state index in [9.17, 15) is 0 Å². The third-order valence-electron chi connectivity index (χ3n) is 7.40. The molecular formula is C26H27N3. The largest absolute Gasteiger partial charge is 0.364 e. The van der Waals surface area contributed by atoms with E-state index in [-0.39, 0.29) is 5.41 Å². The molecule has 0 saturated carbocycles. The zero-order valence-corrected chi connectivity index (χ0v) is 16.8. The Morgan fingerprint density at radius 2 is 1.59 bits per heavy atom. The maximum Gasteiger partial charge on any atom is 0.111 e. The first-order valence-corrected chi connectivity index (χ1v) is 10.8. The van der Waals surface area contributed by atoms with Gasteiger partial charge < -0.3 is 10.2 Å². The van der Waals surface area contributed by atoms with Gasteiger partial charge in [-0.25, -0.2) is 0 Å². The predicted molar refractivity (Wildman–Crippen MR) is 119 cm³/mol. The fourth-order valence-electron chi connectivity index (χ4n) is 6.39. The van der Waals surface area contributed by atoms with E-state index < -0.39 is 0 Å². The van der Waals surface area contributed by atoms with Crippen LogP contribution in [0.3, 0.4) is 0 Å². The van der Waals surface area contributed by atoms with E-state index in [1.54, 1.807) is 0 Å². The molecule has 3 aromatic carbocycles. The average Bonchev–Trinajstić information content (AvgIpc) is 3.36. The molecule has 0 radical (unpaired) electrons. The number of hydrogen-bond acceptors (Lipinski definition) is 3. The van der Waals surface area contributed by atoms with Crippen molar-refractivity contribution in [3.63, 3.8) is 0 Å². The normalized spacial score (nSPS) is 30.0. The van der Waals surface area contributed by atoms with Crippen molar-refractivity contribution in [1.82, 2.24) is 4.90 Å². The standard InChI is InChI=1S/C26H27N3/c1-19-24-26(16-17-28(24)18-20-10-4-2-5-11-20)22-14-8-9-15-23(22)27-25(26)29(19)21-12-6-3-7-13-21/h2-15,19,24-25,27H,16-18H2,1H3/t19-,24+,25?,26-/m1/s1. The number of rotatable bonds is 3. The van der Waals surface area contributed by atoms with Gasteiger partial charge in [-0.15, -0.1) is 0 Å². The maximum atomic E-state index is 3.92. The number of anilines is 2. The Kier molecular flexibility index (Phi) is 3.75. The van der Waals surface area contributed by atoms with Crippen LogP contribution in [0.4, 0.5) is 11.4 Å². The van der Waals surface area contributed by atoms with E-state index in [0.717, 1.165) is 13.1 Å². The molecule has 4 atom stereocenters. The number of hydrogen-bond donors (Lipinski definition) is 1. The van der Waals surface area contributed by atoms with Gasteiger partial charge in [0.25, 0.3) is 0 Å². The molecule has 1 N–H and O–H groups in total. The van der Waals surface area contributed by atoms with Gasteiger partial charge in [-0.3, -0.25) is 4.90 Å². The number of fused-ring (bicyclic) bond motifs is 1. The lowest BCUT2D eigenvalue weighted by Gasteiger charge is -2.34. The van der Waals surface area contributed by atoms with Crippen molar-refractivity contribution in [3.05, 3.63) is 96.1 Å². The van der Waals surface area contributed by atoms with Gasteiger partial charge in [0.15, 0.2) is 0 Å². The fourth-order valence-corrected chi connectivity index (χ4v) is 6.39. The van der Waals surface area contributed by atoms with Crippen molar-refractivity contribution in [3.8, 4) is 0 Å². The minimum absolute atomic E-state index is 0.140. The molecule has 2 saturated heterocycles. The highest BCUT2D eigenvalue weighted by Crippen LogP contribution is 2.58. The molecule has 3 aromatic rings. The van der Waals surface area contributed by atoms with Gasteiger partial charge in [0.1, 0.15) is 6.17 Å². The van der Waals surface area contributed by atoms with E-state index in [4.69, 9.17) is 0 Å². The van der Waals surface area contributed by atoms with Crippen LogP contribution in [0.15, 0.2) is 84.9 Å². The van der Waals surface area contributed by atoms with E-state index in [2.05, 4.69) is 107 Å². The van der Waals surface area contributed by atoms with Gasteiger partial charge >= 0.3 is 0 Å². The summed E-state index contributed by atoms with van der Waals surface area (Å²) in [5.41, 5.74) is 5.69. The van der Waals surface area contributed by atoms with Crippen molar-refractivity contribution in [2.24, 2.45) is 0 Å². The zero-order valence-electron chi connectivity index (χ0n) is 16.8. The second kappa shape index (κ2) is 6.36. The van der Waals surface area contributed by atoms with Crippen LogP contribution >= 0.6 is 0 Å². The summed E-state index contributed by atoms with van der Waals surface area (Å²) in [6.45, 7) is 4.60. The number of nitrogens with zero attached hydrogens (tertiary/aromatic N) is 2. The summed E-state index contributed by atoms with van der Waals surface area (Å²) in [6, 6.07) is 31.8. The Hall–Kier alpha value is -2.78. The molecule has 3 aliphatic rings. The Bertz CT molecular complexity index is 1020. The van der Waals surface area contributed by atoms with Crippen molar-refractivity contribution >= 4 is 11.4 Å². The average molecular weight is 382 g/mol. The fraction of sp³-hybridized carbons (Fsp3) is 0.308. The van der Waals surface area contributed by atoms with Crippen LogP contribution in [-0.4, -0.2) is 29.7 Å². The lowest BCUT2D eigenvalue weighted by Crippen LogP contribution is -2.45. The molecule has 29 heavy (non-hydrogen) atoms. The van der Waals surface area contributed by atoms with E-state index in [0.29, 0.717) is 18.2 Å². The highest BCUT2D eigenvalue weighted by molar-refractivity contribution is 5.70. The monoisotopic (exact) mass is 381 g/mol. The second-order valence-electron chi connectivity index (χ2n) is 8.77. The number of nitrogens with one attached hydrogen (secondary N) is 1. The van der Waals surface area contributed by atoms with Gasteiger partial charge in [0.2, 0.25) is 0 Å². The molecule has 2 fully saturated rings. The highest BCUT2D eigenvalue weighted by atomic mass is 15.4. The van der Waals surface area contributed by atoms with Crippen molar-refractivity contribution in [1.29, 1.82) is 0 Å². The molecule has 1 spiro atoms. The van der Waals surface area contributed by atoms with E-state index >= 15 is 0 Å². The highest BCUT2D eigenvalue weighted by Gasteiger charge is 2.66. The Morgan fingerprint density at radius 1 is 0.897 bits per heavy atom. The summed E-state index contributed by atoms with van der Waals surface area (Å²) in [5, 5.41) is 3.92. The van der Waals surface area contributed by atoms with Crippen molar-refractivity contribution < 1.29 is 0 Å². The Labute approximate surface area is 173 Å². The first-order valence-electron chi connectivity index (χ1n) is 10.8. The predicted octanol–water partition coefficient (Wildman–Crippen LogP) is 4.86. The number of likely N-dealkylation sites (tertiary alicyclic amines) is 1. The van der Waals surface area contributed by atoms with Gasteiger partial charge in [-0.05, 0) is 49.2 Å². The van der Waals surface area contributed by atoms with Gasteiger partial charge in [0, 0.05) is 30.0 Å². The topological polar surface area (TPSA) is 18.5 Å². The summed E-state index contributed by atoms with van der Waals surface area (Å²) in [7, 11) is 0. The van der Waals surface area contributed by atoms with Gasteiger partial charge in [0.05, 0.1) is 5.41 Å². The SMILES string of the molecule is C[C@@H]1[C@@H]2N(Cc3ccccc3)CC[C@@]23c2ccccc2NC3N1c1ccccc1. The van der Waals surface area contributed by atoms with Crippen LogP contribution in [0.1, 0.15) is 24.5 Å². The van der Waals surface area contributed by atoms with Crippen LogP contribution in [0.5, 0.6) is 0 Å². The number of para-hydroxylation sites is 2. The van der Waals surface area contributed by atoms with Crippen LogP contribution < -0.4 is 10.2 Å². The zero-order chi connectivity index (χ0) is 19.4. The Balaban J connectivity index is 1.46. The lowest BCUT2D eigenvalue weighted by atomic mass is 9.74. The summed E-state index contributed by atoms with van der Waals surface area (Å²) < 4.78 is 0. The molecule has 0 aliphatic carbocycles. The molecule has 6 rings (SSSR count). The molecule has 3 aliphatic heterocycles. The lowest BCUT2D eigenvalue weighted by molar-refractivity contribution is 0.207. The molecule has 3 nitrogen and oxygen atoms in total. The van der Waals surface area contributed by atoms with Crippen LogP contribution in [0.25, 0.3) is 0 Å². The summed E-state index contributed by atoms with van der Waals surface area (Å²) in [4.78, 5) is 5.38. The third kappa shape index (κ3) is 2.34. The maximum absolute atomic E-state index is 3.92. The smallest absolute Gasteiger partial charge is 0.111 e. The van der Waals surface area contributed by atoms with Gasteiger partial charge in [-0.1, -0.05) is 66.7 Å². The summed E-state index contributed by atoms with van der Waals surface area (Å²) >= 11 is 0. The third-order valence-corrected chi connectivity index (χ3v) is 7.40. The van der Waals surface area contributed by atoms with E-state index in [1.807, 2.05) is 0 Å². The van der Waals surface area contributed by atoms with Gasteiger partial charge in [-0.2, -0.15) is 0 Å². The molecule has 0 aromatic heterocycles. The van der Waals surface area contributed by atoms with Crippen LogP contribution in [0, 0.1) is 0 Å². The van der Waals surface area contributed by atoms with Crippen LogP contribution in [0.2, 0.25) is 0 Å². The molecule has 3 heterocycles. The summed E-state index contributed by atoms with van der Waals surface area (Å²) in [5.74, 6) is 0. The van der Waals surface area contributed by atoms with Crippen molar-refractivity contribution in [2.75, 3.05) is 16.8 Å². The molecule has 146 valence electrons. The molecular weight excluding hydrogens is 354 g/mol. The second-order valence-corrected chi connectivity index (χ2v) is 8.77. The molecule has 3 heteroatoms. The minimum Gasteiger partial charge on any atom is -0.364 e. The molecule has 0 amide bonds. The van der Waals surface area contributed by atoms with Crippen molar-refractivity contribution in [2.45, 2.75) is 43.6 Å². The Morgan fingerprint density at radius 3 is 2.38 bits per heavy atom. The minimum atomic E-state index is 0.140. The van der Waals surface area contributed by atoms with E-state index in [1.165, 1.54) is 28.9 Å². The summed E-state index contributed by atoms with van der Waals surface area (Å²) in [6.07, 6.45) is 1.51. The first kappa shape index (κ1) is 17.1. The number of benzene rings is 3. The van der Waals surface area contributed by atoms with Crippen LogP contribution in [-0.2, 0) is 12.0 Å². The molecule has 0 bridgehead atoms. The quantitative estimate of drug-likeness (QED) is 0.699. The first-order chi connectivity index (χ1) is 14.3. The molecule has 1 unspecified atom stereocenters.